The number of carbonyl (C=O) groups is 2. The van der Waals surface area contributed by atoms with Crippen LogP contribution in [-0.2, 0) is 4.79 Å². The number of hydrogen-bond acceptors (Lipinski definition) is 3. The van der Waals surface area contributed by atoms with E-state index in [9.17, 15) is 9.59 Å². The lowest BCUT2D eigenvalue weighted by molar-refractivity contribution is -0.116. The Balaban J connectivity index is 3.00. The first-order valence-electron chi connectivity index (χ1n) is 6.03. The normalized spacial score (nSPS) is 10.4. The Kier molecular flexibility index (Phi) is 4.89. The number of nitrogens with zero attached hydrogens (tertiary/aromatic N) is 1. The molecule has 0 bridgehead atoms. The lowest BCUT2D eigenvalue weighted by atomic mass is 10.1. The lowest BCUT2D eigenvalue weighted by Crippen LogP contribution is -2.36. The molecule has 0 aromatic heterocycles. The van der Waals surface area contributed by atoms with Gasteiger partial charge in [0.1, 0.15) is 6.29 Å². The van der Waals surface area contributed by atoms with E-state index in [2.05, 4.69) is 13.8 Å². The highest BCUT2D eigenvalue weighted by Gasteiger charge is 2.12. The fourth-order valence-corrected chi connectivity index (χ4v) is 1.88. The molecule has 0 atom stereocenters. The van der Waals surface area contributed by atoms with Crippen LogP contribution in [0.3, 0.4) is 0 Å². The maximum Gasteiger partial charge on any atom is 0.236 e. The maximum absolute atomic E-state index is 11.1. The summed E-state index contributed by atoms with van der Waals surface area (Å²) in [6.07, 6.45) is 0.833. The first-order chi connectivity index (χ1) is 8.43. The van der Waals surface area contributed by atoms with Crippen LogP contribution in [0.15, 0.2) is 18.2 Å². The van der Waals surface area contributed by atoms with Gasteiger partial charge < -0.3 is 10.6 Å². The molecule has 0 unspecified atom stereocenters. The van der Waals surface area contributed by atoms with E-state index in [0.29, 0.717) is 11.5 Å². The van der Waals surface area contributed by atoms with E-state index < -0.39 is 0 Å². The summed E-state index contributed by atoms with van der Waals surface area (Å²) in [6.45, 7) is 6.99. The quantitative estimate of drug-likeness (QED) is 0.780. The fraction of sp³-hybridized carbons (Fsp3) is 0.429. The number of nitrogens with two attached hydrogens (primary N) is 1. The lowest BCUT2D eigenvalue weighted by Gasteiger charge is -2.25. The molecule has 0 aliphatic rings. The van der Waals surface area contributed by atoms with Crippen LogP contribution in [0.2, 0.25) is 0 Å². The average molecular weight is 248 g/mol. The molecule has 1 aromatic carbocycles. The molecular formula is C14H20N2O2. The van der Waals surface area contributed by atoms with Crippen molar-refractivity contribution in [1.82, 2.24) is 0 Å². The van der Waals surface area contributed by atoms with Crippen molar-refractivity contribution in [3.8, 4) is 0 Å². The Morgan fingerprint density at radius 3 is 2.56 bits per heavy atom. The van der Waals surface area contributed by atoms with Gasteiger partial charge in [-0.05, 0) is 36.6 Å². The van der Waals surface area contributed by atoms with Crippen LogP contribution in [0, 0.1) is 12.8 Å². The van der Waals surface area contributed by atoms with Crippen molar-refractivity contribution in [2.24, 2.45) is 11.7 Å². The predicted molar refractivity (Wildman–Crippen MR) is 72.8 cm³/mol. The minimum atomic E-state index is -0.354. The van der Waals surface area contributed by atoms with Crippen molar-refractivity contribution in [1.29, 1.82) is 0 Å². The molecule has 98 valence electrons. The Hall–Kier alpha value is -1.84. The third kappa shape index (κ3) is 3.87. The number of carbonyl (C=O) groups excluding carboxylic acids is 2. The van der Waals surface area contributed by atoms with E-state index in [1.807, 2.05) is 24.0 Å². The minimum Gasteiger partial charge on any atom is -0.368 e. The zero-order chi connectivity index (χ0) is 13.7. The van der Waals surface area contributed by atoms with Crippen LogP contribution in [-0.4, -0.2) is 25.3 Å². The number of amides is 1. The van der Waals surface area contributed by atoms with E-state index in [4.69, 9.17) is 5.73 Å². The highest BCUT2D eigenvalue weighted by Crippen LogP contribution is 2.19. The summed E-state index contributed by atoms with van der Waals surface area (Å²) in [7, 11) is 0. The number of primary amides is 1. The molecule has 1 amide bonds. The van der Waals surface area contributed by atoms with Gasteiger partial charge in [-0.15, -0.1) is 0 Å². The molecule has 0 spiro atoms. The van der Waals surface area contributed by atoms with Crippen molar-refractivity contribution in [3.05, 3.63) is 29.3 Å². The van der Waals surface area contributed by atoms with Crippen molar-refractivity contribution < 1.29 is 9.59 Å². The molecule has 0 radical (unpaired) electrons. The van der Waals surface area contributed by atoms with Crippen molar-refractivity contribution in [3.63, 3.8) is 0 Å². The van der Waals surface area contributed by atoms with Gasteiger partial charge >= 0.3 is 0 Å². The Bertz CT molecular complexity index is 441. The number of aldehydes is 1. The summed E-state index contributed by atoms with van der Waals surface area (Å²) in [5, 5.41) is 0. The van der Waals surface area contributed by atoms with Crippen LogP contribution in [0.5, 0.6) is 0 Å². The third-order valence-electron chi connectivity index (χ3n) is 2.68. The molecule has 2 N–H and O–H groups in total. The summed E-state index contributed by atoms with van der Waals surface area (Å²) < 4.78 is 0. The molecule has 4 heteroatoms. The summed E-state index contributed by atoms with van der Waals surface area (Å²) in [4.78, 5) is 23.8. The van der Waals surface area contributed by atoms with Crippen LogP contribution >= 0.6 is 0 Å². The highest BCUT2D eigenvalue weighted by atomic mass is 16.1. The molecule has 0 aliphatic heterocycles. The van der Waals surface area contributed by atoms with Crippen LogP contribution < -0.4 is 10.6 Å². The molecule has 1 aromatic rings. The SMILES string of the molecule is Cc1cc(N(CC(N)=O)CC(C)C)ccc1C=O. The molecular weight excluding hydrogens is 228 g/mol. The second-order valence-corrected chi connectivity index (χ2v) is 4.90. The van der Waals surface area contributed by atoms with Gasteiger partial charge in [-0.3, -0.25) is 9.59 Å². The van der Waals surface area contributed by atoms with Gasteiger partial charge in [0.2, 0.25) is 5.91 Å². The third-order valence-corrected chi connectivity index (χ3v) is 2.68. The number of aryl methyl sites for hydroxylation is 1. The Morgan fingerprint density at radius 2 is 2.11 bits per heavy atom. The zero-order valence-corrected chi connectivity index (χ0v) is 11.1. The second-order valence-electron chi connectivity index (χ2n) is 4.90. The molecule has 1 rings (SSSR count). The number of anilines is 1. The Labute approximate surface area is 108 Å². The van der Waals surface area contributed by atoms with Gasteiger partial charge in [0.15, 0.2) is 0 Å². The topological polar surface area (TPSA) is 63.4 Å². The second kappa shape index (κ2) is 6.19. The summed E-state index contributed by atoms with van der Waals surface area (Å²) in [6, 6.07) is 5.53. The zero-order valence-electron chi connectivity index (χ0n) is 11.1. The van der Waals surface area contributed by atoms with E-state index in [1.54, 1.807) is 6.07 Å². The summed E-state index contributed by atoms with van der Waals surface area (Å²) in [5.74, 6) is 0.0724. The molecule has 0 aliphatic carbocycles. The highest BCUT2D eigenvalue weighted by molar-refractivity contribution is 5.81. The molecule has 0 saturated heterocycles. The van der Waals surface area contributed by atoms with Gasteiger partial charge in [-0.25, -0.2) is 0 Å². The fourth-order valence-electron chi connectivity index (χ4n) is 1.88. The minimum absolute atomic E-state index is 0.193. The van der Waals surface area contributed by atoms with Gasteiger partial charge in [-0.1, -0.05) is 13.8 Å². The van der Waals surface area contributed by atoms with Gasteiger partial charge in [0.25, 0.3) is 0 Å². The molecule has 0 heterocycles. The summed E-state index contributed by atoms with van der Waals surface area (Å²) >= 11 is 0. The average Bonchev–Trinajstić information content (AvgIpc) is 2.26. The molecule has 0 fully saturated rings. The number of hydrogen-bond donors (Lipinski definition) is 1. The molecule has 0 saturated carbocycles. The predicted octanol–water partition coefficient (Wildman–Crippen LogP) is 1.76. The summed E-state index contributed by atoms with van der Waals surface area (Å²) in [5.41, 5.74) is 7.76. The number of rotatable bonds is 6. The van der Waals surface area contributed by atoms with Gasteiger partial charge in [-0.2, -0.15) is 0 Å². The smallest absolute Gasteiger partial charge is 0.236 e. The van der Waals surface area contributed by atoms with Crippen LogP contribution in [0.4, 0.5) is 5.69 Å². The van der Waals surface area contributed by atoms with Gasteiger partial charge in [0, 0.05) is 17.8 Å². The van der Waals surface area contributed by atoms with Crippen LogP contribution in [0.25, 0.3) is 0 Å². The van der Waals surface area contributed by atoms with E-state index >= 15 is 0 Å². The van der Waals surface area contributed by atoms with E-state index in [-0.39, 0.29) is 12.5 Å². The van der Waals surface area contributed by atoms with Crippen molar-refractivity contribution >= 4 is 17.9 Å². The standard InChI is InChI=1S/C14H20N2O2/c1-10(2)7-16(8-14(15)18)13-5-4-12(9-17)11(3)6-13/h4-6,9-10H,7-8H2,1-3H3,(H2,15,18). The largest absolute Gasteiger partial charge is 0.368 e. The van der Waals surface area contributed by atoms with Crippen molar-refractivity contribution in [2.45, 2.75) is 20.8 Å². The van der Waals surface area contributed by atoms with Crippen LogP contribution in [0.1, 0.15) is 29.8 Å². The Morgan fingerprint density at radius 1 is 1.44 bits per heavy atom. The molecule has 4 nitrogen and oxygen atoms in total. The maximum atomic E-state index is 11.1. The number of benzene rings is 1. The molecule has 18 heavy (non-hydrogen) atoms. The van der Waals surface area contributed by atoms with E-state index in [1.165, 1.54) is 0 Å². The van der Waals surface area contributed by atoms with Crippen molar-refractivity contribution in [2.75, 3.05) is 18.0 Å². The van der Waals surface area contributed by atoms with Gasteiger partial charge in [0.05, 0.1) is 6.54 Å². The van der Waals surface area contributed by atoms with E-state index in [0.717, 1.165) is 24.1 Å². The monoisotopic (exact) mass is 248 g/mol. The first-order valence-corrected chi connectivity index (χ1v) is 6.03. The first kappa shape index (κ1) is 14.2.